The van der Waals surface area contributed by atoms with Crippen LogP contribution in [0.1, 0.15) is 63.7 Å². The predicted molar refractivity (Wildman–Crippen MR) is 209 cm³/mol. The molecule has 49 heavy (non-hydrogen) atoms. The summed E-state index contributed by atoms with van der Waals surface area (Å²) in [5.41, 5.74) is 7.29. The van der Waals surface area contributed by atoms with Crippen LogP contribution in [0.3, 0.4) is 0 Å². The minimum absolute atomic E-state index is 0.0188. The molecule has 2 amide bonds. The third kappa shape index (κ3) is 5.63. The Morgan fingerprint density at radius 2 is 1.37 bits per heavy atom. The Morgan fingerprint density at radius 3 is 2.08 bits per heavy atom. The van der Waals surface area contributed by atoms with Gasteiger partial charge in [0.05, 0.1) is 4.88 Å². The van der Waals surface area contributed by atoms with Gasteiger partial charge >= 0.3 is 0 Å². The fourth-order valence-electron chi connectivity index (χ4n) is 7.57. The molecule has 0 radical (unpaired) electrons. The normalized spacial score (nSPS) is 13.4. The Kier molecular flexibility index (Phi) is 8.09. The number of nitrogens with zero attached hydrogens (tertiary/aromatic N) is 1. The van der Waals surface area contributed by atoms with Gasteiger partial charge in [-0.1, -0.05) is 78.9 Å². The molecule has 1 N–H and O–H groups in total. The van der Waals surface area contributed by atoms with E-state index < -0.39 is 0 Å². The van der Waals surface area contributed by atoms with Gasteiger partial charge in [-0.15, -0.1) is 22.7 Å². The van der Waals surface area contributed by atoms with E-state index in [1.807, 2.05) is 31.3 Å². The van der Waals surface area contributed by atoms with Crippen molar-refractivity contribution in [2.24, 2.45) is 0 Å². The van der Waals surface area contributed by atoms with Crippen molar-refractivity contribution in [1.82, 2.24) is 4.90 Å². The Balaban J connectivity index is 1.06. The van der Waals surface area contributed by atoms with Crippen molar-refractivity contribution in [3.05, 3.63) is 123 Å². The highest BCUT2D eigenvalue weighted by atomic mass is 32.1. The van der Waals surface area contributed by atoms with Crippen LogP contribution in [0.25, 0.3) is 53.9 Å². The Morgan fingerprint density at radius 1 is 0.735 bits per heavy atom. The molecule has 0 spiro atoms. The number of carbonyl (C=O) groups excluding carboxylic acids is 2. The molecule has 4 nitrogen and oxygen atoms in total. The van der Waals surface area contributed by atoms with Gasteiger partial charge in [-0.25, -0.2) is 0 Å². The van der Waals surface area contributed by atoms with Crippen LogP contribution in [-0.4, -0.2) is 29.3 Å². The third-order valence-electron chi connectivity index (χ3n) is 9.97. The molecule has 6 heteroatoms. The summed E-state index contributed by atoms with van der Waals surface area (Å²) in [6, 6.07) is 33.8. The molecule has 244 valence electrons. The number of thiophene rings is 2. The molecule has 1 aliphatic rings. The van der Waals surface area contributed by atoms with Gasteiger partial charge in [-0.2, -0.15) is 0 Å². The molecule has 0 saturated heterocycles. The van der Waals surface area contributed by atoms with Crippen LogP contribution in [-0.2, 0) is 4.79 Å². The third-order valence-corrected chi connectivity index (χ3v) is 12.1. The number of rotatable bonds is 8. The highest BCUT2D eigenvalue weighted by Crippen LogP contribution is 2.46. The van der Waals surface area contributed by atoms with Crippen LogP contribution >= 0.6 is 22.7 Å². The maximum absolute atomic E-state index is 14.1. The maximum atomic E-state index is 14.1. The van der Waals surface area contributed by atoms with E-state index >= 15 is 0 Å². The van der Waals surface area contributed by atoms with Gasteiger partial charge in [-0.05, 0) is 120 Å². The first-order chi connectivity index (χ1) is 23.8. The lowest BCUT2D eigenvalue weighted by molar-refractivity contribution is -0.117. The molecule has 0 aliphatic heterocycles. The number of carbonyl (C=O) groups is 2. The van der Waals surface area contributed by atoms with Gasteiger partial charge in [0, 0.05) is 31.7 Å². The topological polar surface area (TPSA) is 49.4 Å². The van der Waals surface area contributed by atoms with Gasteiger partial charge < -0.3 is 10.2 Å². The lowest BCUT2D eigenvalue weighted by Crippen LogP contribution is -2.42. The molecule has 7 aromatic rings. The van der Waals surface area contributed by atoms with E-state index in [-0.39, 0.29) is 24.4 Å². The highest BCUT2D eigenvalue weighted by molar-refractivity contribution is 7.15. The van der Waals surface area contributed by atoms with E-state index in [4.69, 9.17) is 0 Å². The number of nitrogens with one attached hydrogen (secondary N) is 1. The van der Waals surface area contributed by atoms with Crippen molar-refractivity contribution in [2.75, 3.05) is 11.9 Å². The number of benzene rings is 5. The van der Waals surface area contributed by atoms with Crippen LogP contribution in [0.2, 0.25) is 0 Å². The molecule has 2 aromatic heterocycles. The second-order valence-corrected chi connectivity index (χ2v) is 15.9. The standard InChI is InChI=1S/C43H38N2O2S2/c1-25(2)45(24-40(46)44-37-21-19-31-17-16-29-12-8-13-30-18-20-34(37)42(31)41(29)30)43(47)39-23-36(27(4)49-39)33-15-9-14-32(33)35-22-38(48-26(35)3)28-10-6-5-7-11-28/h5-8,10-13,16-23,25H,9,14-15,24H2,1-4H3,(H,44,46). The van der Waals surface area contributed by atoms with E-state index in [2.05, 4.69) is 110 Å². The van der Waals surface area contributed by atoms with Gasteiger partial charge in [-0.3, -0.25) is 9.59 Å². The molecule has 5 aromatic carbocycles. The van der Waals surface area contributed by atoms with Gasteiger partial charge in [0.25, 0.3) is 5.91 Å². The molecule has 8 rings (SSSR count). The second-order valence-electron chi connectivity index (χ2n) is 13.4. The average molecular weight is 679 g/mol. The molecule has 0 bridgehead atoms. The molecule has 1 aliphatic carbocycles. The van der Waals surface area contributed by atoms with Crippen LogP contribution in [0.4, 0.5) is 5.69 Å². The van der Waals surface area contributed by atoms with Crippen LogP contribution in [0.15, 0.2) is 97.1 Å². The number of hydrogen-bond acceptors (Lipinski definition) is 4. The van der Waals surface area contributed by atoms with Crippen LogP contribution in [0, 0.1) is 13.8 Å². The Labute approximate surface area is 295 Å². The first kappa shape index (κ1) is 31.5. The fourth-order valence-corrected chi connectivity index (χ4v) is 9.63. The largest absolute Gasteiger partial charge is 0.326 e. The zero-order valence-electron chi connectivity index (χ0n) is 28.2. The number of hydrogen-bond donors (Lipinski definition) is 1. The van der Waals surface area contributed by atoms with Crippen molar-refractivity contribution >= 4 is 83.6 Å². The van der Waals surface area contributed by atoms with Crippen molar-refractivity contribution in [2.45, 2.75) is 53.0 Å². The van der Waals surface area contributed by atoms with Gasteiger partial charge in [0.15, 0.2) is 0 Å². The van der Waals surface area contributed by atoms with E-state index in [1.165, 1.54) is 53.7 Å². The molecule has 2 heterocycles. The quantitative estimate of drug-likeness (QED) is 0.163. The lowest BCUT2D eigenvalue weighted by Gasteiger charge is -2.26. The summed E-state index contributed by atoms with van der Waals surface area (Å²) in [5.74, 6) is -0.299. The smallest absolute Gasteiger partial charge is 0.264 e. The molecule has 0 fully saturated rings. The number of amides is 2. The molecule has 0 saturated carbocycles. The van der Waals surface area contributed by atoms with Crippen molar-refractivity contribution in [1.29, 1.82) is 0 Å². The average Bonchev–Trinajstić information content (AvgIpc) is 3.84. The predicted octanol–water partition coefficient (Wildman–Crippen LogP) is 11.6. The highest BCUT2D eigenvalue weighted by Gasteiger charge is 2.28. The summed E-state index contributed by atoms with van der Waals surface area (Å²) < 4.78 is 0. The van der Waals surface area contributed by atoms with Crippen molar-refractivity contribution in [3.8, 4) is 10.4 Å². The Hall–Kier alpha value is -4.78. The zero-order chi connectivity index (χ0) is 33.8. The van der Waals surface area contributed by atoms with E-state index in [0.29, 0.717) is 4.88 Å². The van der Waals surface area contributed by atoms with Crippen LogP contribution in [0.5, 0.6) is 0 Å². The summed E-state index contributed by atoms with van der Waals surface area (Å²) in [5, 5.41) is 10.0. The maximum Gasteiger partial charge on any atom is 0.264 e. The Bertz CT molecular complexity index is 2400. The summed E-state index contributed by atoms with van der Waals surface area (Å²) in [4.78, 5) is 33.9. The number of allylic oxidation sites excluding steroid dienone is 2. The van der Waals surface area contributed by atoms with Crippen molar-refractivity contribution < 1.29 is 9.59 Å². The molecule has 0 unspecified atom stereocenters. The molecular weight excluding hydrogens is 641 g/mol. The van der Waals surface area contributed by atoms with Crippen LogP contribution < -0.4 is 5.32 Å². The first-order valence-electron chi connectivity index (χ1n) is 17.0. The van der Waals surface area contributed by atoms with E-state index in [9.17, 15) is 9.59 Å². The summed E-state index contributed by atoms with van der Waals surface area (Å²) in [6.07, 6.45) is 3.16. The molecular formula is C43H38N2O2S2. The van der Waals surface area contributed by atoms with Gasteiger partial charge in [0.2, 0.25) is 5.91 Å². The monoisotopic (exact) mass is 678 g/mol. The number of aryl methyl sites for hydroxylation is 2. The van der Waals surface area contributed by atoms with Crippen molar-refractivity contribution in [3.63, 3.8) is 0 Å². The summed E-state index contributed by atoms with van der Waals surface area (Å²) >= 11 is 3.39. The number of anilines is 1. The van der Waals surface area contributed by atoms with E-state index in [0.717, 1.165) is 46.0 Å². The van der Waals surface area contributed by atoms with E-state index in [1.54, 1.807) is 16.2 Å². The summed E-state index contributed by atoms with van der Waals surface area (Å²) in [7, 11) is 0. The minimum atomic E-state index is -0.200. The second kappa shape index (κ2) is 12.6. The SMILES string of the molecule is Cc1sc(C(=O)N(CC(=O)Nc2ccc3ccc4cccc5ccc2c3c45)C(C)C)cc1C1=C(c2cc(-c3ccccc3)sc2C)CCC1. The fraction of sp³-hybridized carbons (Fsp3) is 0.209. The minimum Gasteiger partial charge on any atom is -0.326 e. The van der Waals surface area contributed by atoms with Gasteiger partial charge in [0.1, 0.15) is 6.54 Å². The zero-order valence-corrected chi connectivity index (χ0v) is 29.9. The lowest BCUT2D eigenvalue weighted by atomic mass is 9.93. The molecule has 0 atom stereocenters. The first-order valence-corrected chi connectivity index (χ1v) is 18.7. The summed E-state index contributed by atoms with van der Waals surface area (Å²) in [6.45, 7) is 8.28.